The standard InChI is InChI=1S/C23H23IN2O3S2/c1-29-19-11-9-16(10-12-19)14-20-22(28)26(23(30)31-20)13-4-2-3-8-21(27)25-18-7-5-6-17(24)15-18/h5-7,9-12,14-15H,2-4,8,13H2,1H3,(H,25,27)/b20-14-. The predicted octanol–water partition coefficient (Wildman–Crippen LogP) is 5.70. The molecular weight excluding hydrogens is 543 g/mol. The first-order valence-electron chi connectivity index (χ1n) is 9.91. The summed E-state index contributed by atoms with van der Waals surface area (Å²) in [6.45, 7) is 0.573. The maximum atomic E-state index is 12.7. The van der Waals surface area contributed by atoms with Gasteiger partial charge in [0.2, 0.25) is 5.91 Å². The largest absolute Gasteiger partial charge is 0.497 e. The van der Waals surface area contributed by atoms with Gasteiger partial charge < -0.3 is 10.1 Å². The molecule has 2 amide bonds. The number of anilines is 1. The van der Waals surface area contributed by atoms with Gasteiger partial charge in [-0.05, 0) is 77.4 Å². The first kappa shape index (κ1) is 23.7. The first-order valence-corrected chi connectivity index (χ1v) is 12.2. The molecule has 1 saturated heterocycles. The van der Waals surface area contributed by atoms with Crippen LogP contribution >= 0.6 is 46.6 Å². The van der Waals surface area contributed by atoms with Gasteiger partial charge in [0.15, 0.2) is 0 Å². The van der Waals surface area contributed by atoms with Crippen molar-refractivity contribution in [1.82, 2.24) is 4.90 Å². The van der Waals surface area contributed by atoms with Gasteiger partial charge in [-0.1, -0.05) is 48.6 Å². The van der Waals surface area contributed by atoms with E-state index in [1.165, 1.54) is 11.8 Å². The number of benzene rings is 2. The lowest BCUT2D eigenvalue weighted by Crippen LogP contribution is -2.29. The number of hydrogen-bond donors (Lipinski definition) is 1. The zero-order valence-electron chi connectivity index (χ0n) is 17.1. The van der Waals surface area contributed by atoms with E-state index in [2.05, 4.69) is 27.9 Å². The van der Waals surface area contributed by atoms with Gasteiger partial charge in [-0.25, -0.2) is 0 Å². The van der Waals surface area contributed by atoms with Crippen LogP contribution in [0.1, 0.15) is 31.2 Å². The van der Waals surface area contributed by atoms with Crippen LogP contribution in [0.3, 0.4) is 0 Å². The number of nitrogens with one attached hydrogen (secondary N) is 1. The summed E-state index contributed by atoms with van der Waals surface area (Å²) < 4.78 is 6.83. The molecule has 0 aliphatic carbocycles. The van der Waals surface area contributed by atoms with E-state index in [4.69, 9.17) is 17.0 Å². The maximum Gasteiger partial charge on any atom is 0.266 e. The van der Waals surface area contributed by atoms with E-state index < -0.39 is 0 Å². The minimum atomic E-state index is -0.0535. The van der Waals surface area contributed by atoms with Crippen molar-refractivity contribution in [2.24, 2.45) is 0 Å². The molecular formula is C23H23IN2O3S2. The van der Waals surface area contributed by atoms with Gasteiger partial charge >= 0.3 is 0 Å². The summed E-state index contributed by atoms with van der Waals surface area (Å²) in [6.07, 6.45) is 4.74. The Kier molecular flexibility index (Phi) is 8.91. The highest BCUT2D eigenvalue weighted by Gasteiger charge is 2.31. The molecule has 162 valence electrons. The number of carbonyl (C=O) groups is 2. The van der Waals surface area contributed by atoms with Gasteiger partial charge in [0.25, 0.3) is 5.91 Å². The Labute approximate surface area is 205 Å². The fourth-order valence-corrected chi connectivity index (χ4v) is 4.92. The van der Waals surface area contributed by atoms with Crippen molar-refractivity contribution in [3.63, 3.8) is 0 Å². The number of methoxy groups -OCH3 is 1. The summed E-state index contributed by atoms with van der Waals surface area (Å²) in [5.41, 5.74) is 1.75. The lowest BCUT2D eigenvalue weighted by Gasteiger charge is -2.14. The molecule has 8 heteroatoms. The predicted molar refractivity (Wildman–Crippen MR) is 139 cm³/mol. The molecule has 0 unspecified atom stereocenters. The molecule has 0 saturated carbocycles. The molecule has 0 atom stereocenters. The minimum Gasteiger partial charge on any atom is -0.497 e. The number of unbranched alkanes of at least 4 members (excludes halogenated alkanes) is 2. The maximum absolute atomic E-state index is 12.7. The number of thioether (sulfide) groups is 1. The summed E-state index contributed by atoms with van der Waals surface area (Å²) in [4.78, 5) is 27.1. The van der Waals surface area contributed by atoms with Crippen LogP contribution in [0.5, 0.6) is 5.75 Å². The summed E-state index contributed by atoms with van der Waals surface area (Å²) >= 11 is 8.95. The third kappa shape index (κ3) is 7.05. The second-order valence-electron chi connectivity index (χ2n) is 6.98. The van der Waals surface area contributed by atoms with Crippen molar-refractivity contribution in [1.29, 1.82) is 0 Å². The fraction of sp³-hybridized carbons (Fsp3) is 0.261. The Morgan fingerprint density at radius 2 is 1.97 bits per heavy atom. The highest BCUT2D eigenvalue weighted by molar-refractivity contribution is 14.1. The van der Waals surface area contributed by atoms with Crippen molar-refractivity contribution in [2.45, 2.75) is 25.7 Å². The van der Waals surface area contributed by atoms with Crippen LogP contribution in [-0.4, -0.2) is 34.7 Å². The molecule has 0 aromatic heterocycles. The molecule has 1 aliphatic heterocycles. The molecule has 5 nitrogen and oxygen atoms in total. The molecule has 31 heavy (non-hydrogen) atoms. The van der Waals surface area contributed by atoms with Gasteiger partial charge in [0.1, 0.15) is 10.1 Å². The van der Waals surface area contributed by atoms with Crippen LogP contribution in [0.2, 0.25) is 0 Å². The normalized spacial score (nSPS) is 14.9. The molecule has 3 rings (SSSR count). The van der Waals surface area contributed by atoms with Crippen LogP contribution in [0.15, 0.2) is 53.4 Å². The number of rotatable bonds is 9. The van der Waals surface area contributed by atoms with Crippen molar-refractivity contribution >= 4 is 74.5 Å². The Balaban J connectivity index is 1.42. The number of ether oxygens (including phenoxy) is 1. The van der Waals surface area contributed by atoms with Gasteiger partial charge in [0.05, 0.1) is 12.0 Å². The summed E-state index contributed by atoms with van der Waals surface area (Å²) in [7, 11) is 1.62. The molecule has 2 aromatic rings. The second-order valence-corrected chi connectivity index (χ2v) is 9.90. The molecule has 1 fully saturated rings. The van der Waals surface area contributed by atoms with E-state index in [1.54, 1.807) is 12.0 Å². The molecule has 1 heterocycles. The fourth-order valence-electron chi connectivity index (χ4n) is 3.07. The van der Waals surface area contributed by atoms with E-state index in [-0.39, 0.29) is 11.8 Å². The third-order valence-corrected chi connectivity index (χ3v) is 6.73. The van der Waals surface area contributed by atoms with Crippen LogP contribution in [0.4, 0.5) is 5.69 Å². The Morgan fingerprint density at radius 1 is 1.19 bits per heavy atom. The molecule has 0 bridgehead atoms. The lowest BCUT2D eigenvalue weighted by molar-refractivity contribution is -0.122. The van der Waals surface area contributed by atoms with Crippen LogP contribution in [0.25, 0.3) is 6.08 Å². The van der Waals surface area contributed by atoms with Gasteiger partial charge in [0, 0.05) is 22.2 Å². The minimum absolute atomic E-state index is 0.00929. The second kappa shape index (κ2) is 11.6. The van der Waals surface area contributed by atoms with Crippen LogP contribution in [0, 0.1) is 3.57 Å². The first-order chi connectivity index (χ1) is 15.0. The number of nitrogens with zero attached hydrogens (tertiary/aromatic N) is 1. The highest BCUT2D eigenvalue weighted by Crippen LogP contribution is 2.33. The Hall–Kier alpha value is -1.91. The van der Waals surface area contributed by atoms with E-state index in [9.17, 15) is 9.59 Å². The van der Waals surface area contributed by atoms with E-state index >= 15 is 0 Å². The van der Waals surface area contributed by atoms with Gasteiger partial charge in [-0.3, -0.25) is 14.5 Å². The molecule has 0 spiro atoms. The molecule has 2 aromatic carbocycles. The van der Waals surface area contributed by atoms with Gasteiger partial charge in [-0.15, -0.1) is 0 Å². The van der Waals surface area contributed by atoms with Crippen molar-refractivity contribution in [2.75, 3.05) is 19.0 Å². The summed E-state index contributed by atoms with van der Waals surface area (Å²) in [5.74, 6) is 0.731. The van der Waals surface area contributed by atoms with Crippen molar-refractivity contribution in [3.05, 3.63) is 62.6 Å². The van der Waals surface area contributed by atoms with Gasteiger partial charge in [-0.2, -0.15) is 0 Å². The van der Waals surface area contributed by atoms with E-state index in [0.29, 0.717) is 22.2 Å². The molecule has 1 aliphatic rings. The number of carbonyl (C=O) groups excluding carboxylic acids is 2. The van der Waals surface area contributed by atoms with Crippen LogP contribution < -0.4 is 10.1 Å². The summed E-state index contributed by atoms with van der Waals surface area (Å²) in [6, 6.07) is 15.3. The number of halogens is 1. The number of hydrogen-bond acceptors (Lipinski definition) is 5. The Bertz CT molecular complexity index is 993. The summed E-state index contributed by atoms with van der Waals surface area (Å²) in [5, 5.41) is 2.92. The Morgan fingerprint density at radius 3 is 2.68 bits per heavy atom. The number of thiocarbonyl (C=S) groups is 1. The highest BCUT2D eigenvalue weighted by atomic mass is 127. The SMILES string of the molecule is COc1ccc(/C=C2\SC(=S)N(CCCCCC(=O)Nc3cccc(I)c3)C2=O)cc1. The molecule has 0 radical (unpaired) electrons. The average molecular weight is 566 g/mol. The zero-order chi connectivity index (χ0) is 22.2. The third-order valence-electron chi connectivity index (χ3n) is 4.68. The monoisotopic (exact) mass is 566 g/mol. The van der Waals surface area contributed by atoms with Crippen molar-refractivity contribution in [3.8, 4) is 5.75 Å². The van der Waals surface area contributed by atoms with Crippen molar-refractivity contribution < 1.29 is 14.3 Å². The quantitative estimate of drug-likeness (QED) is 0.183. The smallest absolute Gasteiger partial charge is 0.266 e. The van der Waals surface area contributed by atoms with E-state index in [0.717, 1.165) is 39.8 Å². The number of amides is 2. The lowest BCUT2D eigenvalue weighted by atomic mass is 10.1. The zero-order valence-corrected chi connectivity index (χ0v) is 20.9. The topological polar surface area (TPSA) is 58.6 Å². The molecule has 1 N–H and O–H groups in total. The van der Waals surface area contributed by atoms with E-state index in [1.807, 2.05) is 54.6 Å². The van der Waals surface area contributed by atoms with Crippen LogP contribution in [-0.2, 0) is 9.59 Å². The average Bonchev–Trinajstić information content (AvgIpc) is 3.01.